The van der Waals surface area contributed by atoms with Crippen molar-refractivity contribution >= 4 is 11.6 Å². The van der Waals surface area contributed by atoms with Gasteiger partial charge in [-0.3, -0.25) is 4.79 Å². The summed E-state index contributed by atoms with van der Waals surface area (Å²) in [5.74, 6) is -0.0966. The molecule has 4 aromatic carbocycles. The molecule has 0 atom stereocenters. The quantitative estimate of drug-likeness (QED) is 0.318. The molecule has 1 amide bonds. The number of hydrogen-bond acceptors (Lipinski definition) is 1. The maximum Gasteiger partial charge on any atom is 4.00 e. The average Bonchev–Trinajstić information content (AvgIpc) is 2.98. The summed E-state index contributed by atoms with van der Waals surface area (Å²) >= 11 is 0. The first-order chi connectivity index (χ1) is 14.9. The smallest absolute Gasteiger partial charge is 1.00 e. The van der Waals surface area contributed by atoms with Gasteiger partial charge in [-0.1, -0.05) is 101 Å². The summed E-state index contributed by atoms with van der Waals surface area (Å²) < 4.78 is 0. The van der Waals surface area contributed by atoms with Crippen molar-refractivity contribution in [1.29, 1.82) is 0 Å². The van der Waals surface area contributed by atoms with E-state index >= 15 is 0 Å². The van der Waals surface area contributed by atoms with Gasteiger partial charge in [0.05, 0.1) is 0 Å². The Morgan fingerprint density at radius 2 is 1.12 bits per heavy atom. The largest absolute Gasteiger partial charge is 4.00 e. The molecule has 0 aliphatic heterocycles. The van der Waals surface area contributed by atoms with Crippen LogP contribution >= 0.6 is 0 Å². The number of para-hydroxylation sites is 1. The minimum atomic E-state index is -0.0966. The van der Waals surface area contributed by atoms with E-state index in [1.165, 1.54) is 27.8 Å². The number of carbonyl (C=O) groups is 1. The van der Waals surface area contributed by atoms with E-state index in [0.29, 0.717) is 5.56 Å². The van der Waals surface area contributed by atoms with Gasteiger partial charge in [0.25, 0.3) is 5.91 Å². The molecule has 0 bridgehead atoms. The summed E-state index contributed by atoms with van der Waals surface area (Å²) in [6.45, 7) is 11.0. The second kappa shape index (κ2) is 14.9. The molecule has 0 aliphatic carbocycles. The molecule has 34 heavy (non-hydrogen) atoms. The van der Waals surface area contributed by atoms with Gasteiger partial charge in [0, 0.05) is 11.3 Å². The number of hydrogen-bond donors (Lipinski definition) is 1. The summed E-state index contributed by atoms with van der Waals surface area (Å²) in [7, 11) is 0. The molecule has 0 saturated carbocycles. The molecule has 0 heterocycles. The van der Waals surface area contributed by atoms with Gasteiger partial charge in [0.15, 0.2) is 0 Å². The van der Waals surface area contributed by atoms with Crippen molar-refractivity contribution in [2.75, 3.05) is 5.32 Å². The van der Waals surface area contributed by atoms with E-state index in [1.807, 2.05) is 84.9 Å². The molecule has 0 fully saturated rings. The van der Waals surface area contributed by atoms with Gasteiger partial charge in [-0.15, -0.1) is 0 Å². The first-order valence-electron chi connectivity index (χ1n) is 10.6. The van der Waals surface area contributed by atoms with Crippen LogP contribution in [-0.4, -0.2) is 5.91 Å². The van der Waals surface area contributed by atoms with Crippen molar-refractivity contribution in [2.45, 2.75) is 34.6 Å². The van der Waals surface area contributed by atoms with Crippen LogP contribution in [0.3, 0.4) is 0 Å². The number of anilines is 1. The van der Waals surface area contributed by atoms with Gasteiger partial charge in [0.2, 0.25) is 0 Å². The Kier molecular flexibility index (Phi) is 13.9. The third-order valence-electron chi connectivity index (χ3n) is 6.10. The molecule has 174 valence electrons. The van der Waals surface area contributed by atoms with Gasteiger partial charge in [-0.2, -0.15) is 27.8 Å². The predicted octanol–water partition coefficient (Wildman–Crippen LogP) is 1.56. The van der Waals surface area contributed by atoms with Crippen LogP contribution in [0.1, 0.15) is 38.2 Å². The monoisotopic (exact) mass is 526 g/mol. The van der Waals surface area contributed by atoms with Crippen LogP contribution in [0, 0.1) is 34.6 Å². The standard InChI is InChI=1S/C19H15NO.C10H15.2ClH.Ti/c21-19(20-16-11-5-2-6-12-16)18-14-8-7-13-17(18)15-9-3-1-4-10-15;1-6-7(2)9(4)10(5)8(6)3;;;/h1-14H,(H,20,21);1-5H3;2*1H;/q;-1;;;+4/p-2. The molecule has 0 radical (unpaired) electrons. The summed E-state index contributed by atoms with van der Waals surface area (Å²) in [5, 5.41) is 2.93. The minimum absolute atomic E-state index is 0. The Hall–Kier alpha value is -2.23. The van der Waals surface area contributed by atoms with Crippen LogP contribution in [0.2, 0.25) is 0 Å². The fourth-order valence-electron chi connectivity index (χ4n) is 3.68. The fraction of sp³-hybridized carbons (Fsp3) is 0.172. The van der Waals surface area contributed by atoms with Crippen molar-refractivity contribution in [2.24, 2.45) is 0 Å². The van der Waals surface area contributed by atoms with E-state index in [0.717, 1.165) is 16.8 Å². The Bertz CT molecular complexity index is 1090. The molecule has 4 rings (SSSR count). The maximum atomic E-state index is 12.5. The van der Waals surface area contributed by atoms with E-state index in [1.54, 1.807) is 0 Å². The van der Waals surface area contributed by atoms with Crippen molar-refractivity contribution in [3.63, 3.8) is 0 Å². The van der Waals surface area contributed by atoms with Gasteiger partial charge in [-0.25, -0.2) is 0 Å². The predicted molar refractivity (Wildman–Crippen MR) is 132 cm³/mol. The van der Waals surface area contributed by atoms with Gasteiger partial charge in [0.1, 0.15) is 0 Å². The van der Waals surface area contributed by atoms with Crippen LogP contribution in [0.25, 0.3) is 11.1 Å². The minimum Gasteiger partial charge on any atom is -1.00 e. The second-order valence-corrected chi connectivity index (χ2v) is 7.86. The van der Waals surface area contributed by atoms with Crippen molar-refractivity contribution in [3.8, 4) is 11.1 Å². The molecule has 0 aromatic heterocycles. The molecule has 4 aromatic rings. The number of carbonyl (C=O) groups excluding carboxylic acids is 1. The van der Waals surface area contributed by atoms with Crippen LogP contribution in [-0.2, 0) is 21.7 Å². The first-order valence-corrected chi connectivity index (χ1v) is 10.6. The van der Waals surface area contributed by atoms with Gasteiger partial charge >= 0.3 is 21.7 Å². The number of rotatable bonds is 3. The molecule has 5 heteroatoms. The summed E-state index contributed by atoms with van der Waals surface area (Å²) in [6.07, 6.45) is 0. The zero-order chi connectivity index (χ0) is 22.4. The number of nitrogens with one attached hydrogen (secondary N) is 1. The Labute approximate surface area is 231 Å². The van der Waals surface area contributed by atoms with E-state index in [9.17, 15) is 4.79 Å². The first kappa shape index (κ1) is 31.8. The Morgan fingerprint density at radius 1 is 0.676 bits per heavy atom. The molecule has 0 aliphatic rings. The van der Waals surface area contributed by atoms with Gasteiger partial charge < -0.3 is 30.1 Å². The molecule has 2 nitrogen and oxygen atoms in total. The molecular weight excluding hydrogens is 497 g/mol. The third-order valence-corrected chi connectivity index (χ3v) is 6.10. The van der Waals surface area contributed by atoms with Gasteiger partial charge in [-0.05, 0) is 29.3 Å². The Balaban J connectivity index is 0.000000721. The Morgan fingerprint density at radius 3 is 1.59 bits per heavy atom. The topological polar surface area (TPSA) is 29.1 Å². The summed E-state index contributed by atoms with van der Waals surface area (Å²) in [4.78, 5) is 12.5. The fourth-order valence-corrected chi connectivity index (χ4v) is 3.68. The second-order valence-electron chi connectivity index (χ2n) is 7.86. The van der Waals surface area contributed by atoms with Crippen LogP contribution in [0.5, 0.6) is 0 Å². The van der Waals surface area contributed by atoms with Crippen molar-refractivity contribution < 1.29 is 51.3 Å². The van der Waals surface area contributed by atoms with E-state index in [4.69, 9.17) is 0 Å². The maximum absolute atomic E-state index is 12.5. The van der Waals surface area contributed by atoms with Crippen molar-refractivity contribution in [3.05, 3.63) is 118 Å². The molecule has 0 saturated heterocycles. The van der Waals surface area contributed by atoms with E-state index in [-0.39, 0.29) is 52.4 Å². The zero-order valence-electron chi connectivity index (χ0n) is 20.2. The normalized spacial score (nSPS) is 9.32. The number of halogens is 2. The van der Waals surface area contributed by atoms with E-state index < -0.39 is 0 Å². The van der Waals surface area contributed by atoms with Crippen molar-refractivity contribution in [1.82, 2.24) is 0 Å². The number of benzene rings is 3. The molecular formula is C29H30Cl2NOTi+. The molecule has 0 spiro atoms. The van der Waals surface area contributed by atoms with E-state index in [2.05, 4.69) is 39.9 Å². The third kappa shape index (κ3) is 7.65. The van der Waals surface area contributed by atoms with Crippen LogP contribution < -0.4 is 30.1 Å². The average molecular weight is 527 g/mol. The zero-order valence-corrected chi connectivity index (χ0v) is 23.3. The van der Waals surface area contributed by atoms with Crippen LogP contribution in [0.4, 0.5) is 5.69 Å². The molecule has 1 N–H and O–H groups in total. The summed E-state index contributed by atoms with van der Waals surface area (Å²) in [5.41, 5.74) is 10.8. The van der Waals surface area contributed by atoms with Crippen LogP contribution in [0.15, 0.2) is 84.9 Å². The SMILES string of the molecule is Cc1c(C)c(C)[c-](C)c1C.O=C(Nc1ccccc1)c1ccccc1-c1ccccc1.[Cl-].[Cl-].[Ti+4]. The number of amides is 1. The molecule has 0 unspecified atom stereocenters. The summed E-state index contributed by atoms with van der Waals surface area (Å²) in [6, 6.07) is 27.1.